The van der Waals surface area contributed by atoms with E-state index in [0.717, 1.165) is 5.56 Å². The topological polar surface area (TPSA) is 63.6 Å². The van der Waals surface area contributed by atoms with Crippen molar-refractivity contribution >= 4 is 11.2 Å². The van der Waals surface area contributed by atoms with Crippen molar-refractivity contribution in [1.29, 1.82) is 0 Å². The summed E-state index contributed by atoms with van der Waals surface area (Å²) in [5.74, 6) is 0. The fourth-order valence-electron chi connectivity index (χ4n) is 1.80. The van der Waals surface area contributed by atoms with E-state index >= 15 is 0 Å². The van der Waals surface area contributed by atoms with E-state index in [0.29, 0.717) is 17.7 Å². The van der Waals surface area contributed by atoms with Crippen molar-refractivity contribution < 1.29 is 0 Å². The standard InChI is InChI=1S/C12H10N4O/c17-12-10-11(14-7-13-10)16(8-15-12)6-9-4-2-1-3-5-9/h1-5,7-8H,6H2,(H,13,14). The maximum absolute atomic E-state index is 11.4. The second kappa shape index (κ2) is 3.86. The average molecular weight is 226 g/mol. The molecule has 1 aromatic carbocycles. The van der Waals surface area contributed by atoms with E-state index in [1.807, 2.05) is 34.9 Å². The number of imidazole rings is 1. The number of hydrogen-bond donors (Lipinski definition) is 1. The molecule has 0 aliphatic carbocycles. The summed E-state index contributed by atoms with van der Waals surface area (Å²) in [6, 6.07) is 9.98. The number of aromatic nitrogens is 4. The molecule has 0 unspecified atom stereocenters. The molecule has 5 heteroatoms. The molecule has 0 amide bonds. The van der Waals surface area contributed by atoms with Gasteiger partial charge >= 0.3 is 0 Å². The Bertz CT molecular complexity index is 699. The highest BCUT2D eigenvalue weighted by Crippen LogP contribution is 2.07. The van der Waals surface area contributed by atoms with Gasteiger partial charge in [0.25, 0.3) is 5.56 Å². The van der Waals surface area contributed by atoms with Crippen LogP contribution in [0.25, 0.3) is 11.2 Å². The second-order valence-electron chi connectivity index (χ2n) is 3.76. The summed E-state index contributed by atoms with van der Waals surface area (Å²) < 4.78 is 1.85. The van der Waals surface area contributed by atoms with Gasteiger partial charge in [0.05, 0.1) is 12.9 Å². The minimum atomic E-state index is -0.276. The first kappa shape index (κ1) is 9.77. The van der Waals surface area contributed by atoms with Gasteiger partial charge in [0.1, 0.15) is 6.33 Å². The van der Waals surface area contributed by atoms with Crippen LogP contribution in [0.15, 0.2) is 47.8 Å². The summed E-state index contributed by atoms with van der Waals surface area (Å²) in [5.41, 5.74) is 1.95. The highest BCUT2D eigenvalue weighted by molar-refractivity contribution is 5.68. The summed E-state index contributed by atoms with van der Waals surface area (Å²) in [5, 5.41) is 0. The average Bonchev–Trinajstić information content (AvgIpc) is 2.84. The first-order valence-corrected chi connectivity index (χ1v) is 5.27. The molecule has 1 N–H and O–H groups in total. The Balaban J connectivity index is 2.10. The molecule has 84 valence electrons. The molecular formula is C12H10N4O. The maximum Gasteiger partial charge on any atom is 0.298 e. The molecule has 0 fully saturated rings. The van der Waals surface area contributed by atoms with Crippen molar-refractivity contribution in [3.63, 3.8) is 0 Å². The highest BCUT2D eigenvalue weighted by atomic mass is 16.1. The zero-order valence-electron chi connectivity index (χ0n) is 9.00. The van der Waals surface area contributed by atoms with Gasteiger partial charge in [-0.3, -0.25) is 4.79 Å². The quantitative estimate of drug-likeness (QED) is 0.713. The summed E-state index contributed by atoms with van der Waals surface area (Å²) >= 11 is 0. The van der Waals surface area contributed by atoms with E-state index in [-0.39, 0.29) is 5.56 Å². The van der Waals surface area contributed by atoms with Crippen LogP contribution < -0.4 is 5.56 Å². The SMILES string of the molecule is O=c1ncn(Cc2ccccc2)c2nc[nH]c12. The van der Waals surface area contributed by atoms with Gasteiger partial charge in [-0.2, -0.15) is 4.98 Å². The van der Waals surface area contributed by atoms with Gasteiger partial charge in [0.2, 0.25) is 0 Å². The van der Waals surface area contributed by atoms with Gasteiger partial charge in [0.15, 0.2) is 11.2 Å². The van der Waals surface area contributed by atoms with Gasteiger partial charge in [-0.05, 0) is 5.56 Å². The molecule has 3 rings (SSSR count). The molecule has 0 spiro atoms. The zero-order valence-corrected chi connectivity index (χ0v) is 9.00. The van der Waals surface area contributed by atoms with Crippen LogP contribution in [0, 0.1) is 0 Å². The van der Waals surface area contributed by atoms with Crippen LogP contribution in [0.4, 0.5) is 0 Å². The van der Waals surface area contributed by atoms with Crippen molar-refractivity contribution in [3.8, 4) is 0 Å². The van der Waals surface area contributed by atoms with Crippen LogP contribution >= 0.6 is 0 Å². The van der Waals surface area contributed by atoms with E-state index < -0.39 is 0 Å². The van der Waals surface area contributed by atoms with E-state index in [1.165, 1.54) is 12.7 Å². The fraction of sp³-hybridized carbons (Fsp3) is 0.0833. The molecule has 2 heterocycles. The van der Waals surface area contributed by atoms with Crippen LogP contribution in [0.1, 0.15) is 5.56 Å². The first-order valence-electron chi connectivity index (χ1n) is 5.27. The summed E-state index contributed by atoms with van der Waals surface area (Å²) in [6.07, 6.45) is 3.04. The van der Waals surface area contributed by atoms with Gasteiger partial charge < -0.3 is 9.55 Å². The van der Waals surface area contributed by atoms with Crippen molar-refractivity contribution in [2.75, 3.05) is 0 Å². The maximum atomic E-state index is 11.4. The lowest BCUT2D eigenvalue weighted by Crippen LogP contribution is -2.12. The molecule has 3 aromatic rings. The Morgan fingerprint density at radius 3 is 2.82 bits per heavy atom. The van der Waals surface area contributed by atoms with E-state index in [2.05, 4.69) is 15.0 Å². The van der Waals surface area contributed by atoms with Gasteiger partial charge in [-0.25, -0.2) is 4.98 Å². The normalized spacial score (nSPS) is 10.8. The predicted octanol–water partition coefficient (Wildman–Crippen LogP) is 1.17. The molecule has 17 heavy (non-hydrogen) atoms. The van der Waals surface area contributed by atoms with Crippen LogP contribution in [0.3, 0.4) is 0 Å². The molecule has 2 aromatic heterocycles. The third-order valence-electron chi connectivity index (χ3n) is 2.62. The number of nitrogens with zero attached hydrogens (tertiary/aromatic N) is 3. The summed E-state index contributed by atoms with van der Waals surface area (Å²) in [4.78, 5) is 22.2. The zero-order chi connectivity index (χ0) is 11.7. The van der Waals surface area contributed by atoms with E-state index in [9.17, 15) is 4.79 Å². The number of hydrogen-bond acceptors (Lipinski definition) is 3. The number of aromatic amines is 1. The fourth-order valence-corrected chi connectivity index (χ4v) is 1.80. The van der Waals surface area contributed by atoms with Crippen molar-refractivity contribution in [3.05, 3.63) is 58.9 Å². The monoisotopic (exact) mass is 226 g/mol. The second-order valence-corrected chi connectivity index (χ2v) is 3.76. The largest absolute Gasteiger partial charge is 0.339 e. The van der Waals surface area contributed by atoms with Crippen molar-refractivity contribution in [2.24, 2.45) is 0 Å². The van der Waals surface area contributed by atoms with Crippen LogP contribution in [-0.2, 0) is 6.54 Å². The molecule has 0 radical (unpaired) electrons. The molecule has 0 aliphatic rings. The molecule has 0 bridgehead atoms. The first-order chi connectivity index (χ1) is 8.34. The molecule has 0 saturated heterocycles. The Kier molecular flexibility index (Phi) is 2.22. The Morgan fingerprint density at radius 1 is 1.18 bits per heavy atom. The van der Waals surface area contributed by atoms with Crippen molar-refractivity contribution in [1.82, 2.24) is 19.5 Å². The highest BCUT2D eigenvalue weighted by Gasteiger charge is 2.06. The minimum absolute atomic E-state index is 0.276. The van der Waals surface area contributed by atoms with E-state index in [4.69, 9.17) is 0 Å². The predicted molar refractivity (Wildman–Crippen MR) is 63.7 cm³/mol. The summed E-state index contributed by atoms with van der Waals surface area (Å²) in [7, 11) is 0. The van der Waals surface area contributed by atoms with Gasteiger partial charge in [0, 0.05) is 0 Å². The number of rotatable bonds is 2. The smallest absolute Gasteiger partial charge is 0.298 e. The Morgan fingerprint density at radius 2 is 2.00 bits per heavy atom. The number of H-pyrrole nitrogens is 1. The number of nitrogens with one attached hydrogen (secondary N) is 1. The number of fused-ring (bicyclic) bond motifs is 1. The lowest BCUT2D eigenvalue weighted by molar-refractivity contribution is 0.789. The third-order valence-corrected chi connectivity index (χ3v) is 2.62. The molecule has 0 atom stereocenters. The molecule has 5 nitrogen and oxygen atoms in total. The summed E-state index contributed by atoms with van der Waals surface area (Å²) in [6.45, 7) is 0.648. The Hall–Kier alpha value is -2.43. The van der Waals surface area contributed by atoms with Crippen LogP contribution in [-0.4, -0.2) is 19.5 Å². The molecular weight excluding hydrogens is 216 g/mol. The number of benzene rings is 1. The molecule has 0 aliphatic heterocycles. The van der Waals surface area contributed by atoms with Crippen LogP contribution in [0.2, 0.25) is 0 Å². The van der Waals surface area contributed by atoms with Crippen molar-refractivity contribution in [2.45, 2.75) is 6.54 Å². The van der Waals surface area contributed by atoms with E-state index in [1.54, 1.807) is 0 Å². The lowest BCUT2D eigenvalue weighted by atomic mass is 10.2. The van der Waals surface area contributed by atoms with Crippen LogP contribution in [0.5, 0.6) is 0 Å². The Labute approximate surface area is 96.8 Å². The minimum Gasteiger partial charge on any atom is -0.339 e. The van der Waals surface area contributed by atoms with Gasteiger partial charge in [-0.15, -0.1) is 0 Å². The van der Waals surface area contributed by atoms with Gasteiger partial charge in [-0.1, -0.05) is 30.3 Å². The lowest BCUT2D eigenvalue weighted by Gasteiger charge is -2.06. The third kappa shape index (κ3) is 1.71. The molecule has 0 saturated carbocycles.